The summed E-state index contributed by atoms with van der Waals surface area (Å²) in [6, 6.07) is 0.0876. The van der Waals surface area contributed by atoms with Gasteiger partial charge in [0.2, 0.25) is 0 Å². The van der Waals surface area contributed by atoms with E-state index >= 15 is 0 Å². The first-order valence-electron chi connectivity index (χ1n) is 6.41. The van der Waals surface area contributed by atoms with Gasteiger partial charge in [-0.1, -0.05) is 0 Å². The number of likely N-dealkylation sites (tertiary alicyclic amines) is 1. The molecule has 0 aliphatic carbocycles. The van der Waals surface area contributed by atoms with E-state index in [0.29, 0.717) is 32.5 Å². The molecule has 18 heavy (non-hydrogen) atoms. The van der Waals surface area contributed by atoms with Crippen molar-refractivity contribution in [1.82, 2.24) is 10.2 Å². The van der Waals surface area contributed by atoms with Crippen molar-refractivity contribution in [3.63, 3.8) is 0 Å². The molecule has 0 spiro atoms. The molecule has 6 heteroatoms. The van der Waals surface area contributed by atoms with Gasteiger partial charge in [-0.2, -0.15) is 0 Å². The number of hydrogen-bond acceptors (Lipinski definition) is 4. The number of methoxy groups -OCH3 is 1. The highest BCUT2D eigenvalue weighted by atomic mass is 16.5. The molecular weight excluding hydrogens is 236 g/mol. The molecule has 2 aliphatic heterocycles. The molecule has 6 nitrogen and oxygen atoms in total. The van der Waals surface area contributed by atoms with Gasteiger partial charge in [-0.15, -0.1) is 0 Å². The van der Waals surface area contributed by atoms with Crippen LogP contribution in [0.2, 0.25) is 0 Å². The molecule has 1 atom stereocenters. The molecule has 2 aliphatic rings. The maximum atomic E-state index is 11.9. The number of nitrogens with zero attached hydrogens (tertiary/aromatic N) is 1. The summed E-state index contributed by atoms with van der Waals surface area (Å²) in [6.07, 6.45) is 2.24. The number of esters is 1. The fourth-order valence-electron chi connectivity index (χ4n) is 2.40. The minimum absolute atomic E-state index is 0.0474. The monoisotopic (exact) mass is 256 g/mol. The van der Waals surface area contributed by atoms with E-state index in [4.69, 9.17) is 9.47 Å². The second-order valence-electron chi connectivity index (χ2n) is 4.79. The molecule has 0 radical (unpaired) electrons. The lowest BCUT2D eigenvalue weighted by atomic mass is 9.97. The number of urea groups is 1. The topological polar surface area (TPSA) is 67.9 Å². The predicted octanol–water partition coefficient (Wildman–Crippen LogP) is 0.370. The summed E-state index contributed by atoms with van der Waals surface area (Å²) in [5.41, 5.74) is 0. The Labute approximate surface area is 107 Å². The maximum absolute atomic E-state index is 11.9. The van der Waals surface area contributed by atoms with E-state index in [1.807, 2.05) is 0 Å². The van der Waals surface area contributed by atoms with Gasteiger partial charge in [0, 0.05) is 19.7 Å². The van der Waals surface area contributed by atoms with Crippen LogP contribution in [0.1, 0.15) is 19.3 Å². The average molecular weight is 256 g/mol. The molecular formula is C12H20N2O4. The molecule has 0 aromatic rings. The van der Waals surface area contributed by atoms with E-state index in [9.17, 15) is 9.59 Å². The summed E-state index contributed by atoms with van der Waals surface area (Å²) in [7, 11) is 1.40. The van der Waals surface area contributed by atoms with Crippen molar-refractivity contribution in [2.75, 3.05) is 33.4 Å². The van der Waals surface area contributed by atoms with E-state index in [-0.39, 0.29) is 24.0 Å². The molecule has 2 fully saturated rings. The highest BCUT2D eigenvalue weighted by Crippen LogP contribution is 2.18. The van der Waals surface area contributed by atoms with Crippen LogP contribution in [-0.4, -0.2) is 56.4 Å². The zero-order valence-corrected chi connectivity index (χ0v) is 10.7. The van der Waals surface area contributed by atoms with Gasteiger partial charge in [0.25, 0.3) is 0 Å². The highest BCUT2D eigenvalue weighted by Gasteiger charge is 2.29. The second-order valence-corrected chi connectivity index (χ2v) is 4.79. The smallest absolute Gasteiger partial charge is 0.317 e. The Bertz CT molecular complexity index is 307. The standard InChI is InChI=1S/C12H20N2O4/c1-17-11(15)9-2-5-14(6-3-9)12(16)13-10-4-7-18-8-10/h9-10H,2-8H2,1H3,(H,13,16). The van der Waals surface area contributed by atoms with Crippen molar-refractivity contribution in [2.24, 2.45) is 5.92 Å². The number of amides is 2. The van der Waals surface area contributed by atoms with E-state index in [1.165, 1.54) is 7.11 Å². The Morgan fingerprint density at radius 3 is 2.56 bits per heavy atom. The summed E-state index contributed by atoms with van der Waals surface area (Å²) < 4.78 is 9.93. The van der Waals surface area contributed by atoms with Gasteiger partial charge in [0.05, 0.1) is 25.7 Å². The SMILES string of the molecule is COC(=O)C1CCN(C(=O)NC2CCOC2)CC1. The molecule has 0 aromatic carbocycles. The Morgan fingerprint density at radius 1 is 1.28 bits per heavy atom. The first kappa shape index (κ1) is 13.1. The largest absolute Gasteiger partial charge is 0.469 e. The van der Waals surface area contributed by atoms with Crippen molar-refractivity contribution in [1.29, 1.82) is 0 Å². The quantitative estimate of drug-likeness (QED) is 0.725. The van der Waals surface area contributed by atoms with Gasteiger partial charge in [-0.25, -0.2) is 4.79 Å². The van der Waals surface area contributed by atoms with E-state index < -0.39 is 0 Å². The van der Waals surface area contributed by atoms with Crippen LogP contribution >= 0.6 is 0 Å². The Hall–Kier alpha value is -1.30. The number of rotatable bonds is 2. The lowest BCUT2D eigenvalue weighted by molar-refractivity contribution is -0.146. The fraction of sp³-hybridized carbons (Fsp3) is 0.833. The lowest BCUT2D eigenvalue weighted by Crippen LogP contribution is -2.48. The average Bonchev–Trinajstić information content (AvgIpc) is 2.91. The van der Waals surface area contributed by atoms with Crippen LogP contribution in [0, 0.1) is 5.92 Å². The van der Waals surface area contributed by atoms with Gasteiger partial charge in [0.1, 0.15) is 0 Å². The van der Waals surface area contributed by atoms with Crippen LogP contribution in [0.3, 0.4) is 0 Å². The predicted molar refractivity (Wildman–Crippen MR) is 64.1 cm³/mol. The van der Waals surface area contributed by atoms with E-state index in [0.717, 1.165) is 13.0 Å². The number of carbonyl (C=O) groups is 2. The van der Waals surface area contributed by atoms with Crippen molar-refractivity contribution in [2.45, 2.75) is 25.3 Å². The normalized spacial score (nSPS) is 24.9. The Morgan fingerprint density at radius 2 is 2.00 bits per heavy atom. The summed E-state index contributed by atoms with van der Waals surface area (Å²) in [5.74, 6) is -0.229. The third kappa shape index (κ3) is 3.13. The Kier molecular flexibility index (Phi) is 4.41. The van der Waals surface area contributed by atoms with Gasteiger partial charge in [-0.3, -0.25) is 4.79 Å². The van der Waals surface area contributed by atoms with Crippen molar-refractivity contribution in [3.05, 3.63) is 0 Å². The fourth-order valence-corrected chi connectivity index (χ4v) is 2.40. The van der Waals surface area contributed by atoms with Crippen molar-refractivity contribution < 1.29 is 19.1 Å². The van der Waals surface area contributed by atoms with Crippen LogP contribution < -0.4 is 5.32 Å². The molecule has 102 valence electrons. The van der Waals surface area contributed by atoms with E-state index in [1.54, 1.807) is 4.90 Å². The molecule has 1 unspecified atom stereocenters. The number of piperidine rings is 1. The van der Waals surface area contributed by atoms with Crippen LogP contribution in [-0.2, 0) is 14.3 Å². The summed E-state index contributed by atoms with van der Waals surface area (Å²) in [5, 5.41) is 2.95. The highest BCUT2D eigenvalue weighted by molar-refractivity contribution is 5.76. The third-order valence-electron chi connectivity index (χ3n) is 3.57. The van der Waals surface area contributed by atoms with Crippen LogP contribution in [0.4, 0.5) is 4.79 Å². The number of carbonyl (C=O) groups excluding carboxylic acids is 2. The zero-order valence-electron chi connectivity index (χ0n) is 10.7. The first-order chi connectivity index (χ1) is 8.70. The van der Waals surface area contributed by atoms with Crippen molar-refractivity contribution in [3.8, 4) is 0 Å². The molecule has 2 heterocycles. The molecule has 2 rings (SSSR count). The second kappa shape index (κ2) is 6.04. The van der Waals surface area contributed by atoms with Crippen molar-refractivity contribution >= 4 is 12.0 Å². The lowest BCUT2D eigenvalue weighted by Gasteiger charge is -2.31. The minimum Gasteiger partial charge on any atom is -0.469 e. The minimum atomic E-state index is -0.167. The zero-order chi connectivity index (χ0) is 13.0. The summed E-state index contributed by atoms with van der Waals surface area (Å²) in [6.45, 7) is 2.54. The molecule has 2 amide bonds. The summed E-state index contributed by atoms with van der Waals surface area (Å²) >= 11 is 0. The van der Waals surface area contributed by atoms with E-state index in [2.05, 4.69) is 5.32 Å². The number of nitrogens with one attached hydrogen (secondary N) is 1. The summed E-state index contributed by atoms with van der Waals surface area (Å²) in [4.78, 5) is 25.1. The van der Waals surface area contributed by atoms with Crippen LogP contribution in [0.15, 0.2) is 0 Å². The molecule has 0 bridgehead atoms. The molecule has 0 saturated carbocycles. The third-order valence-corrected chi connectivity index (χ3v) is 3.57. The first-order valence-corrected chi connectivity index (χ1v) is 6.41. The van der Waals surface area contributed by atoms with Gasteiger partial charge >= 0.3 is 12.0 Å². The van der Waals surface area contributed by atoms with Crippen LogP contribution in [0.25, 0.3) is 0 Å². The van der Waals surface area contributed by atoms with Gasteiger partial charge in [-0.05, 0) is 19.3 Å². The van der Waals surface area contributed by atoms with Gasteiger partial charge in [0.15, 0.2) is 0 Å². The number of hydrogen-bond donors (Lipinski definition) is 1. The van der Waals surface area contributed by atoms with Crippen LogP contribution in [0.5, 0.6) is 0 Å². The molecule has 2 saturated heterocycles. The molecule has 0 aromatic heterocycles. The molecule has 1 N–H and O–H groups in total. The van der Waals surface area contributed by atoms with Gasteiger partial charge < -0.3 is 19.7 Å². The maximum Gasteiger partial charge on any atom is 0.317 e. The number of ether oxygens (including phenoxy) is 2. The Balaban J connectivity index is 1.74.